The van der Waals surface area contributed by atoms with Crippen molar-refractivity contribution < 1.29 is 22.7 Å². The molecule has 1 fully saturated rings. The number of benzene rings is 2. The third-order valence-electron chi connectivity index (χ3n) is 6.10. The second-order valence-corrected chi connectivity index (χ2v) is 10.6. The lowest BCUT2D eigenvalue weighted by Gasteiger charge is -2.31. The second kappa shape index (κ2) is 11.0. The van der Waals surface area contributed by atoms with E-state index in [2.05, 4.69) is 5.32 Å². The third kappa shape index (κ3) is 6.06. The molecule has 0 aromatic heterocycles. The maximum absolute atomic E-state index is 13.5. The Morgan fingerprint density at radius 1 is 1.12 bits per heavy atom. The molecule has 1 atom stereocenters. The fraction of sp³-hybridized carbons (Fsp3) is 0.480. The van der Waals surface area contributed by atoms with Crippen LogP contribution in [-0.4, -0.2) is 52.5 Å². The van der Waals surface area contributed by atoms with E-state index in [-0.39, 0.29) is 29.2 Å². The van der Waals surface area contributed by atoms with E-state index < -0.39 is 10.0 Å². The van der Waals surface area contributed by atoms with Gasteiger partial charge in [-0.15, -0.1) is 0 Å². The largest absolute Gasteiger partial charge is 0.497 e. The average molecular weight is 475 g/mol. The molecule has 3 rings (SSSR count). The number of amides is 1. The number of nitrogens with zero attached hydrogens (tertiary/aromatic N) is 1. The Bertz CT molecular complexity index is 1050. The fourth-order valence-corrected chi connectivity index (χ4v) is 5.75. The van der Waals surface area contributed by atoms with Crippen LogP contribution in [0.15, 0.2) is 47.4 Å². The van der Waals surface area contributed by atoms with E-state index >= 15 is 0 Å². The number of rotatable bonds is 9. The lowest BCUT2D eigenvalue weighted by Crippen LogP contribution is -2.45. The van der Waals surface area contributed by atoms with Crippen molar-refractivity contribution in [3.05, 3.63) is 53.6 Å². The predicted octanol–water partition coefficient (Wildman–Crippen LogP) is 3.59. The Morgan fingerprint density at radius 2 is 1.85 bits per heavy atom. The van der Waals surface area contributed by atoms with Crippen molar-refractivity contribution in [1.29, 1.82) is 0 Å². The number of hydrogen-bond donors (Lipinski definition) is 1. The molecule has 1 aliphatic rings. The maximum Gasteiger partial charge on any atom is 0.246 e. The first-order chi connectivity index (χ1) is 15.8. The van der Waals surface area contributed by atoms with E-state index in [1.165, 1.54) is 11.4 Å². The molecule has 0 saturated carbocycles. The number of nitrogens with one attached hydrogen (secondary N) is 1. The van der Waals surface area contributed by atoms with Gasteiger partial charge in [0.15, 0.2) is 0 Å². The zero-order valence-electron chi connectivity index (χ0n) is 19.8. The van der Waals surface area contributed by atoms with E-state index in [0.29, 0.717) is 38.1 Å². The molecule has 0 aliphatic carbocycles. The number of piperidine rings is 1. The van der Waals surface area contributed by atoms with Crippen LogP contribution in [0.25, 0.3) is 0 Å². The Morgan fingerprint density at radius 3 is 2.48 bits per heavy atom. The summed E-state index contributed by atoms with van der Waals surface area (Å²) in [6.07, 6.45) is 2.01. The van der Waals surface area contributed by atoms with Gasteiger partial charge in [-0.05, 0) is 60.6 Å². The first-order valence-corrected chi connectivity index (χ1v) is 12.8. The Hall–Kier alpha value is -2.58. The van der Waals surface area contributed by atoms with Crippen LogP contribution >= 0.6 is 0 Å². The zero-order chi connectivity index (χ0) is 24.0. The molecule has 7 nitrogen and oxygen atoms in total. The molecule has 8 heteroatoms. The van der Waals surface area contributed by atoms with Crippen LogP contribution in [0.2, 0.25) is 0 Å². The Balaban J connectivity index is 1.65. The van der Waals surface area contributed by atoms with E-state index in [1.807, 2.05) is 44.2 Å². The van der Waals surface area contributed by atoms with Crippen molar-refractivity contribution >= 4 is 15.9 Å². The number of carbonyl (C=O) groups is 1. The second-order valence-electron chi connectivity index (χ2n) is 8.66. The molecule has 33 heavy (non-hydrogen) atoms. The van der Waals surface area contributed by atoms with Crippen molar-refractivity contribution in [2.45, 2.75) is 43.9 Å². The van der Waals surface area contributed by atoms with Crippen LogP contribution in [0, 0.1) is 5.92 Å². The van der Waals surface area contributed by atoms with Gasteiger partial charge in [0.05, 0.1) is 20.1 Å². The summed E-state index contributed by atoms with van der Waals surface area (Å²) < 4.78 is 38.9. The van der Waals surface area contributed by atoms with E-state index in [4.69, 9.17) is 9.47 Å². The fourth-order valence-electron chi connectivity index (χ4n) is 4.03. The summed E-state index contributed by atoms with van der Waals surface area (Å²) in [6, 6.07) is 13.0. The summed E-state index contributed by atoms with van der Waals surface area (Å²) in [6.45, 7) is 5.11. The molecule has 1 heterocycles. The summed E-state index contributed by atoms with van der Waals surface area (Å²) in [5.41, 5.74) is 2.03. The van der Waals surface area contributed by atoms with Crippen molar-refractivity contribution in [3.8, 4) is 11.5 Å². The highest BCUT2D eigenvalue weighted by molar-refractivity contribution is 7.89. The molecule has 1 amide bonds. The van der Waals surface area contributed by atoms with Gasteiger partial charge in [-0.3, -0.25) is 4.79 Å². The minimum Gasteiger partial charge on any atom is -0.497 e. The minimum absolute atomic E-state index is 0.105. The van der Waals surface area contributed by atoms with Gasteiger partial charge in [-0.1, -0.05) is 32.0 Å². The molecule has 1 N–H and O–H groups in total. The van der Waals surface area contributed by atoms with Gasteiger partial charge in [0.25, 0.3) is 0 Å². The highest BCUT2D eigenvalue weighted by atomic mass is 32.2. The van der Waals surface area contributed by atoms with Crippen LogP contribution in [-0.2, 0) is 21.2 Å². The van der Waals surface area contributed by atoms with E-state index in [1.54, 1.807) is 19.2 Å². The average Bonchev–Trinajstić information content (AvgIpc) is 2.84. The molecule has 180 valence electrons. The molecule has 1 aliphatic heterocycles. The summed E-state index contributed by atoms with van der Waals surface area (Å²) in [7, 11) is -0.685. The number of carbonyl (C=O) groups excluding carboxylic acids is 1. The molecule has 0 unspecified atom stereocenters. The highest BCUT2D eigenvalue weighted by Crippen LogP contribution is 2.32. The molecule has 2 aromatic carbocycles. The van der Waals surface area contributed by atoms with Gasteiger partial charge in [-0.25, -0.2) is 8.42 Å². The van der Waals surface area contributed by atoms with Crippen molar-refractivity contribution in [2.75, 3.05) is 33.9 Å². The lowest BCUT2D eigenvalue weighted by molar-refractivity contribution is -0.126. The molecule has 2 aromatic rings. The number of sulfonamides is 1. The number of hydrogen-bond acceptors (Lipinski definition) is 5. The summed E-state index contributed by atoms with van der Waals surface area (Å²) >= 11 is 0. The summed E-state index contributed by atoms with van der Waals surface area (Å²) in [5.74, 6) is 0.831. The molecule has 0 radical (unpaired) electrons. The van der Waals surface area contributed by atoms with Gasteiger partial charge in [0.1, 0.15) is 16.4 Å². The first kappa shape index (κ1) is 25.1. The van der Waals surface area contributed by atoms with Gasteiger partial charge < -0.3 is 14.8 Å². The van der Waals surface area contributed by atoms with Crippen LogP contribution < -0.4 is 14.8 Å². The smallest absolute Gasteiger partial charge is 0.246 e. The topological polar surface area (TPSA) is 84.9 Å². The lowest BCUT2D eigenvalue weighted by atomic mass is 9.99. The number of methoxy groups -OCH3 is 2. The summed E-state index contributed by atoms with van der Waals surface area (Å²) in [4.78, 5) is 13.0. The molecule has 0 bridgehead atoms. The first-order valence-electron chi connectivity index (χ1n) is 11.3. The van der Waals surface area contributed by atoms with Crippen molar-refractivity contribution in [1.82, 2.24) is 9.62 Å². The third-order valence-corrected chi connectivity index (χ3v) is 7.99. The molecular weight excluding hydrogens is 440 g/mol. The summed E-state index contributed by atoms with van der Waals surface area (Å²) in [5, 5.41) is 2.97. The monoisotopic (exact) mass is 474 g/mol. The SMILES string of the molecule is COc1ccc(CCNC(=O)[C@@H]2CCCN(S(=O)(=O)c3cc(C(C)C)ccc3OC)C2)cc1. The standard InChI is InChI=1S/C25H34N2O5S/c1-18(2)20-9-12-23(32-4)24(16-20)33(29,30)27-15-5-6-21(17-27)25(28)26-14-13-19-7-10-22(31-3)11-8-19/h7-12,16,18,21H,5-6,13-15,17H2,1-4H3,(H,26,28)/t21-/m1/s1. The molecule has 1 saturated heterocycles. The number of ether oxygens (including phenoxy) is 2. The van der Waals surface area contributed by atoms with Gasteiger partial charge in [0, 0.05) is 19.6 Å². The maximum atomic E-state index is 13.5. The Labute approximate surface area is 197 Å². The van der Waals surface area contributed by atoms with Gasteiger partial charge in [0.2, 0.25) is 15.9 Å². The van der Waals surface area contributed by atoms with Gasteiger partial charge >= 0.3 is 0 Å². The highest BCUT2D eigenvalue weighted by Gasteiger charge is 2.35. The van der Waals surface area contributed by atoms with Gasteiger partial charge in [-0.2, -0.15) is 4.31 Å². The van der Waals surface area contributed by atoms with Crippen LogP contribution in [0.4, 0.5) is 0 Å². The van der Waals surface area contributed by atoms with E-state index in [9.17, 15) is 13.2 Å². The van der Waals surface area contributed by atoms with Crippen molar-refractivity contribution in [3.63, 3.8) is 0 Å². The molecule has 0 spiro atoms. The quantitative estimate of drug-likeness (QED) is 0.600. The molecular formula is C25H34N2O5S. The van der Waals surface area contributed by atoms with Crippen LogP contribution in [0.3, 0.4) is 0 Å². The predicted molar refractivity (Wildman–Crippen MR) is 128 cm³/mol. The van der Waals surface area contributed by atoms with Crippen LogP contribution in [0.1, 0.15) is 43.7 Å². The van der Waals surface area contributed by atoms with Crippen molar-refractivity contribution in [2.24, 2.45) is 5.92 Å². The van der Waals surface area contributed by atoms with E-state index in [0.717, 1.165) is 16.9 Å². The Kier molecular flexibility index (Phi) is 8.37. The minimum atomic E-state index is -3.78. The van der Waals surface area contributed by atoms with Crippen LogP contribution in [0.5, 0.6) is 11.5 Å². The zero-order valence-corrected chi connectivity index (χ0v) is 20.7. The normalized spacial score (nSPS) is 17.1.